The molecule has 1 aliphatic rings. The lowest BCUT2D eigenvalue weighted by atomic mass is 9.99. The third-order valence-corrected chi connectivity index (χ3v) is 5.97. The number of amides is 1. The van der Waals surface area contributed by atoms with Crippen LogP contribution < -0.4 is 15.0 Å². The van der Waals surface area contributed by atoms with E-state index in [-0.39, 0.29) is 5.91 Å². The van der Waals surface area contributed by atoms with Gasteiger partial charge in [-0.2, -0.15) is 5.10 Å². The number of rotatable bonds is 7. The summed E-state index contributed by atoms with van der Waals surface area (Å²) >= 11 is 0. The molecule has 0 spiro atoms. The van der Waals surface area contributed by atoms with Gasteiger partial charge in [-0.25, -0.2) is 0 Å². The van der Waals surface area contributed by atoms with E-state index in [1.165, 1.54) is 5.69 Å². The number of aromatic amines is 1. The van der Waals surface area contributed by atoms with Crippen molar-refractivity contribution in [1.29, 1.82) is 0 Å². The van der Waals surface area contributed by atoms with Crippen LogP contribution in [0.2, 0.25) is 0 Å². The summed E-state index contributed by atoms with van der Waals surface area (Å²) in [5, 5.41) is 10.7. The van der Waals surface area contributed by atoms with E-state index < -0.39 is 0 Å². The van der Waals surface area contributed by atoms with E-state index in [9.17, 15) is 4.79 Å². The fraction of sp³-hybridized carbons (Fsp3) is 0.185. The average Bonchev–Trinajstić information content (AvgIpc) is 3.32. The number of H-pyrrole nitrogens is 1. The summed E-state index contributed by atoms with van der Waals surface area (Å²) in [5.74, 6) is 0.799. The molecule has 166 valence electrons. The molecular weight excluding hydrogens is 412 g/mol. The molecule has 0 aliphatic carbocycles. The monoisotopic (exact) mass is 438 g/mol. The Morgan fingerprint density at radius 2 is 1.79 bits per heavy atom. The first-order valence-electron chi connectivity index (χ1n) is 11.1. The topological polar surface area (TPSA) is 70.2 Å². The number of carbonyl (C=O) groups is 1. The number of hydrogen-bond donors (Lipinski definition) is 2. The maximum Gasteiger partial charge on any atom is 0.251 e. The van der Waals surface area contributed by atoms with Gasteiger partial charge in [-0.3, -0.25) is 9.89 Å². The van der Waals surface area contributed by atoms with Gasteiger partial charge < -0.3 is 15.0 Å². The van der Waals surface area contributed by atoms with E-state index in [1.807, 2.05) is 66.7 Å². The number of nitrogens with one attached hydrogen (secondary N) is 2. The number of carbonyl (C=O) groups excluding carboxylic acids is 1. The van der Waals surface area contributed by atoms with Gasteiger partial charge in [-0.15, -0.1) is 0 Å². The third kappa shape index (κ3) is 4.32. The number of nitrogens with zero attached hydrogens (tertiary/aromatic N) is 2. The molecule has 0 radical (unpaired) electrons. The van der Waals surface area contributed by atoms with Crippen molar-refractivity contribution in [1.82, 2.24) is 15.5 Å². The lowest BCUT2D eigenvalue weighted by molar-refractivity contribution is 0.0953. The lowest BCUT2D eigenvalue weighted by Gasteiger charge is -2.19. The molecule has 0 saturated carbocycles. The standard InChI is InChI=1S/C27H26N4O2/c1-31(21-8-3-2-4-9-21)17-7-16-28-27(32)20-14-12-19(13-15-20)25-23-18-33-24-11-6-5-10-22(24)26(23)30-29-25/h2-6,8-15H,7,16-18H2,1H3,(H,28,32)(H,29,30). The van der Waals surface area contributed by atoms with Gasteiger partial charge >= 0.3 is 0 Å². The number of aromatic nitrogens is 2. The molecule has 2 N–H and O–H groups in total. The normalized spacial score (nSPS) is 11.8. The fourth-order valence-corrected chi connectivity index (χ4v) is 4.13. The molecular formula is C27H26N4O2. The molecule has 0 fully saturated rings. The smallest absolute Gasteiger partial charge is 0.251 e. The first kappa shape index (κ1) is 20.8. The molecule has 0 bridgehead atoms. The van der Waals surface area contributed by atoms with Crippen LogP contribution in [0.25, 0.3) is 22.5 Å². The highest BCUT2D eigenvalue weighted by Gasteiger charge is 2.23. The van der Waals surface area contributed by atoms with Crippen molar-refractivity contribution in [2.45, 2.75) is 13.0 Å². The fourth-order valence-electron chi connectivity index (χ4n) is 4.13. The number of fused-ring (bicyclic) bond motifs is 3. The van der Waals surface area contributed by atoms with Crippen LogP contribution in [0.1, 0.15) is 22.3 Å². The van der Waals surface area contributed by atoms with Gasteiger partial charge in [0.15, 0.2) is 0 Å². The maximum atomic E-state index is 12.6. The van der Waals surface area contributed by atoms with Gasteiger partial charge in [0.2, 0.25) is 0 Å². The van der Waals surface area contributed by atoms with Crippen LogP contribution in [-0.2, 0) is 6.61 Å². The molecule has 4 aromatic rings. The Morgan fingerprint density at radius 1 is 1.03 bits per heavy atom. The van der Waals surface area contributed by atoms with Crippen molar-refractivity contribution in [3.63, 3.8) is 0 Å². The Hall–Kier alpha value is -4.06. The summed E-state index contributed by atoms with van der Waals surface area (Å²) in [4.78, 5) is 14.7. The highest BCUT2D eigenvalue weighted by atomic mass is 16.5. The highest BCUT2D eigenvalue weighted by molar-refractivity contribution is 5.94. The Labute approximate surface area is 193 Å². The second kappa shape index (κ2) is 9.20. The zero-order chi connectivity index (χ0) is 22.6. The first-order valence-corrected chi connectivity index (χ1v) is 11.1. The van der Waals surface area contributed by atoms with Gasteiger partial charge in [0.1, 0.15) is 12.4 Å². The number of ether oxygens (including phenoxy) is 1. The van der Waals surface area contributed by atoms with Crippen LogP contribution in [0, 0.1) is 0 Å². The number of hydrogen-bond acceptors (Lipinski definition) is 4. The maximum absolute atomic E-state index is 12.6. The molecule has 1 aromatic heterocycles. The molecule has 6 nitrogen and oxygen atoms in total. The van der Waals surface area contributed by atoms with Crippen molar-refractivity contribution >= 4 is 11.6 Å². The summed E-state index contributed by atoms with van der Waals surface area (Å²) in [6.07, 6.45) is 0.871. The van der Waals surface area contributed by atoms with Crippen LogP contribution in [-0.4, -0.2) is 36.2 Å². The van der Waals surface area contributed by atoms with E-state index in [2.05, 4.69) is 39.6 Å². The van der Waals surface area contributed by atoms with Crippen LogP contribution >= 0.6 is 0 Å². The number of para-hydroxylation sites is 2. The number of benzene rings is 3. The SMILES string of the molecule is CN(CCCNC(=O)c1ccc(-c2n[nH]c3c2COc2ccccc2-3)cc1)c1ccccc1. The molecule has 0 atom stereocenters. The zero-order valence-electron chi connectivity index (χ0n) is 18.5. The van der Waals surface area contributed by atoms with E-state index >= 15 is 0 Å². The van der Waals surface area contributed by atoms with Crippen molar-refractivity contribution in [2.24, 2.45) is 0 Å². The molecule has 1 amide bonds. The summed E-state index contributed by atoms with van der Waals surface area (Å²) in [7, 11) is 2.06. The predicted octanol–water partition coefficient (Wildman–Crippen LogP) is 4.89. The van der Waals surface area contributed by atoms with Gasteiger partial charge in [0.25, 0.3) is 5.91 Å². The lowest BCUT2D eigenvalue weighted by Crippen LogP contribution is -2.28. The Balaban J connectivity index is 1.19. The Bertz CT molecular complexity index is 1250. The van der Waals surface area contributed by atoms with Gasteiger partial charge in [0.05, 0.1) is 11.4 Å². The van der Waals surface area contributed by atoms with Crippen molar-refractivity contribution < 1.29 is 9.53 Å². The number of anilines is 1. The first-order chi connectivity index (χ1) is 16.2. The second-order valence-corrected chi connectivity index (χ2v) is 8.15. The summed E-state index contributed by atoms with van der Waals surface area (Å²) < 4.78 is 5.90. The minimum Gasteiger partial charge on any atom is -0.488 e. The molecule has 2 heterocycles. The summed E-state index contributed by atoms with van der Waals surface area (Å²) in [6.45, 7) is 1.97. The molecule has 1 aliphatic heterocycles. The predicted molar refractivity (Wildman–Crippen MR) is 130 cm³/mol. The molecule has 3 aromatic carbocycles. The third-order valence-electron chi connectivity index (χ3n) is 5.97. The van der Waals surface area contributed by atoms with Gasteiger partial charge in [0, 0.05) is 48.1 Å². The van der Waals surface area contributed by atoms with E-state index in [0.29, 0.717) is 18.7 Å². The molecule has 5 rings (SSSR count). The van der Waals surface area contributed by atoms with Gasteiger partial charge in [-0.1, -0.05) is 42.5 Å². The Kier molecular flexibility index (Phi) is 5.81. The summed E-state index contributed by atoms with van der Waals surface area (Å²) in [6, 6.07) is 25.8. The molecule has 6 heteroatoms. The van der Waals surface area contributed by atoms with Crippen molar-refractivity contribution in [3.8, 4) is 28.3 Å². The van der Waals surface area contributed by atoms with Gasteiger partial charge in [-0.05, 0) is 42.8 Å². The van der Waals surface area contributed by atoms with Crippen molar-refractivity contribution in [3.05, 3.63) is 90.0 Å². The minimum atomic E-state index is -0.0646. The van der Waals surface area contributed by atoms with E-state index in [4.69, 9.17) is 4.74 Å². The average molecular weight is 439 g/mol. The molecule has 0 unspecified atom stereocenters. The van der Waals surface area contributed by atoms with Crippen LogP contribution in [0.3, 0.4) is 0 Å². The zero-order valence-corrected chi connectivity index (χ0v) is 18.5. The Morgan fingerprint density at radius 3 is 2.61 bits per heavy atom. The quantitative estimate of drug-likeness (QED) is 0.403. The van der Waals surface area contributed by atoms with Crippen LogP contribution in [0.15, 0.2) is 78.9 Å². The largest absolute Gasteiger partial charge is 0.488 e. The second-order valence-electron chi connectivity index (χ2n) is 8.15. The van der Waals surface area contributed by atoms with Crippen LogP contribution in [0.4, 0.5) is 5.69 Å². The van der Waals surface area contributed by atoms with Crippen LogP contribution in [0.5, 0.6) is 5.75 Å². The van der Waals surface area contributed by atoms with E-state index in [1.54, 1.807) is 0 Å². The van der Waals surface area contributed by atoms with E-state index in [0.717, 1.165) is 46.8 Å². The van der Waals surface area contributed by atoms with Crippen molar-refractivity contribution in [2.75, 3.05) is 25.0 Å². The molecule has 0 saturated heterocycles. The highest BCUT2D eigenvalue weighted by Crippen LogP contribution is 2.39. The minimum absolute atomic E-state index is 0.0646. The summed E-state index contributed by atoms with van der Waals surface area (Å²) in [5.41, 5.74) is 6.68. The molecule has 33 heavy (non-hydrogen) atoms.